The number of oxazole rings is 1. The molecule has 2 aromatic rings. The van der Waals surface area contributed by atoms with Crippen molar-refractivity contribution in [2.75, 3.05) is 5.73 Å². The molecule has 0 amide bonds. The lowest BCUT2D eigenvalue weighted by atomic mass is 10.3. The van der Waals surface area contributed by atoms with Crippen LogP contribution in [0.25, 0.3) is 11.5 Å². The maximum absolute atomic E-state index is 5.66. The Kier molecular flexibility index (Phi) is 1.36. The molecular formula is C7H8N4O. The van der Waals surface area contributed by atoms with E-state index >= 15 is 0 Å². The number of anilines is 1. The van der Waals surface area contributed by atoms with Crippen molar-refractivity contribution in [2.45, 2.75) is 0 Å². The second kappa shape index (κ2) is 2.37. The summed E-state index contributed by atoms with van der Waals surface area (Å²) in [5.41, 5.74) is 7.01. The van der Waals surface area contributed by atoms with Crippen molar-refractivity contribution < 1.29 is 4.42 Å². The maximum atomic E-state index is 5.66. The Labute approximate surface area is 68.8 Å². The van der Waals surface area contributed by atoms with Gasteiger partial charge in [-0.25, -0.2) is 4.98 Å². The summed E-state index contributed by atoms with van der Waals surface area (Å²) in [5.74, 6) is 0.632. The standard InChI is InChI=1S/C7H8N4O/c1-11-7(5(8)2-10-11)6-3-9-4-12-6/h2-4H,8H2,1H3. The first-order valence-electron chi connectivity index (χ1n) is 3.45. The molecule has 0 saturated carbocycles. The molecule has 2 aromatic heterocycles. The van der Waals surface area contributed by atoms with Gasteiger partial charge in [-0.2, -0.15) is 5.10 Å². The molecule has 0 fully saturated rings. The van der Waals surface area contributed by atoms with Gasteiger partial charge >= 0.3 is 0 Å². The van der Waals surface area contributed by atoms with E-state index in [4.69, 9.17) is 10.2 Å². The van der Waals surface area contributed by atoms with Gasteiger partial charge in [0.2, 0.25) is 0 Å². The highest BCUT2D eigenvalue weighted by Crippen LogP contribution is 2.23. The van der Waals surface area contributed by atoms with Gasteiger partial charge in [0.25, 0.3) is 0 Å². The zero-order chi connectivity index (χ0) is 8.55. The van der Waals surface area contributed by atoms with E-state index in [1.807, 2.05) is 0 Å². The Hall–Kier alpha value is -1.78. The first kappa shape index (κ1) is 6.90. The summed E-state index contributed by atoms with van der Waals surface area (Å²) in [7, 11) is 1.80. The summed E-state index contributed by atoms with van der Waals surface area (Å²) in [5, 5.41) is 3.98. The molecule has 0 spiro atoms. The number of aromatic nitrogens is 3. The Morgan fingerprint density at radius 3 is 2.83 bits per heavy atom. The average Bonchev–Trinajstić information content (AvgIpc) is 2.61. The van der Waals surface area contributed by atoms with Gasteiger partial charge in [-0.3, -0.25) is 4.68 Å². The van der Waals surface area contributed by atoms with E-state index in [1.54, 1.807) is 24.1 Å². The third kappa shape index (κ3) is 0.868. The number of hydrogen-bond acceptors (Lipinski definition) is 4. The summed E-state index contributed by atoms with van der Waals surface area (Å²) in [6.07, 6.45) is 4.55. The van der Waals surface area contributed by atoms with E-state index < -0.39 is 0 Å². The SMILES string of the molecule is Cn1ncc(N)c1-c1cnco1. The molecule has 0 aliphatic rings. The van der Waals surface area contributed by atoms with Crippen LogP contribution in [0.5, 0.6) is 0 Å². The van der Waals surface area contributed by atoms with Crippen molar-refractivity contribution in [3.63, 3.8) is 0 Å². The van der Waals surface area contributed by atoms with E-state index in [0.717, 1.165) is 5.69 Å². The Morgan fingerprint density at radius 1 is 1.50 bits per heavy atom. The summed E-state index contributed by atoms with van der Waals surface area (Å²) in [6.45, 7) is 0. The van der Waals surface area contributed by atoms with Crippen LogP contribution in [-0.4, -0.2) is 14.8 Å². The zero-order valence-electron chi connectivity index (χ0n) is 6.56. The fourth-order valence-electron chi connectivity index (χ4n) is 1.09. The topological polar surface area (TPSA) is 69.9 Å². The third-order valence-corrected chi connectivity index (χ3v) is 1.63. The maximum Gasteiger partial charge on any atom is 0.181 e. The quantitative estimate of drug-likeness (QED) is 0.672. The van der Waals surface area contributed by atoms with Crippen LogP contribution in [0.15, 0.2) is 23.2 Å². The van der Waals surface area contributed by atoms with Crippen molar-refractivity contribution in [3.05, 3.63) is 18.8 Å². The Balaban J connectivity index is 2.60. The van der Waals surface area contributed by atoms with Gasteiger partial charge < -0.3 is 10.2 Å². The minimum atomic E-state index is 0.592. The molecule has 0 atom stereocenters. The van der Waals surface area contributed by atoms with Crippen molar-refractivity contribution in [2.24, 2.45) is 7.05 Å². The lowest BCUT2D eigenvalue weighted by Crippen LogP contribution is -1.94. The van der Waals surface area contributed by atoms with Crippen LogP contribution in [0.3, 0.4) is 0 Å². The van der Waals surface area contributed by atoms with E-state index in [2.05, 4.69) is 10.1 Å². The monoisotopic (exact) mass is 164 g/mol. The molecule has 0 saturated heterocycles. The Morgan fingerprint density at radius 2 is 2.33 bits per heavy atom. The summed E-state index contributed by atoms with van der Waals surface area (Å²) in [6, 6.07) is 0. The highest BCUT2D eigenvalue weighted by molar-refractivity contribution is 5.67. The van der Waals surface area contributed by atoms with Gasteiger partial charge in [0.15, 0.2) is 12.2 Å². The molecule has 0 aromatic carbocycles. The van der Waals surface area contributed by atoms with Crippen LogP contribution in [0.4, 0.5) is 5.69 Å². The molecule has 2 rings (SSSR count). The van der Waals surface area contributed by atoms with Gasteiger partial charge in [0.1, 0.15) is 5.69 Å². The van der Waals surface area contributed by atoms with E-state index in [-0.39, 0.29) is 0 Å². The number of hydrogen-bond donors (Lipinski definition) is 1. The second-order valence-corrected chi connectivity index (χ2v) is 2.44. The van der Waals surface area contributed by atoms with E-state index in [0.29, 0.717) is 11.4 Å². The number of nitrogen functional groups attached to an aromatic ring is 1. The number of nitrogens with two attached hydrogens (primary N) is 1. The van der Waals surface area contributed by atoms with E-state index in [1.165, 1.54) is 6.39 Å². The highest BCUT2D eigenvalue weighted by atomic mass is 16.3. The molecule has 0 unspecified atom stereocenters. The molecule has 2 heterocycles. The third-order valence-electron chi connectivity index (χ3n) is 1.63. The van der Waals surface area contributed by atoms with Crippen molar-refractivity contribution in [1.29, 1.82) is 0 Å². The van der Waals surface area contributed by atoms with Crippen LogP contribution in [0.2, 0.25) is 0 Å². The van der Waals surface area contributed by atoms with Crippen LogP contribution in [0, 0.1) is 0 Å². The fourth-order valence-corrected chi connectivity index (χ4v) is 1.09. The van der Waals surface area contributed by atoms with Crippen LogP contribution < -0.4 is 5.73 Å². The molecule has 12 heavy (non-hydrogen) atoms. The number of rotatable bonds is 1. The highest BCUT2D eigenvalue weighted by Gasteiger charge is 2.10. The smallest absolute Gasteiger partial charge is 0.181 e. The lowest BCUT2D eigenvalue weighted by molar-refractivity contribution is 0.564. The molecule has 0 aliphatic carbocycles. The van der Waals surface area contributed by atoms with Gasteiger partial charge in [0.05, 0.1) is 18.1 Å². The zero-order valence-corrected chi connectivity index (χ0v) is 6.56. The molecule has 62 valence electrons. The first-order chi connectivity index (χ1) is 5.79. The van der Waals surface area contributed by atoms with Gasteiger partial charge in [0, 0.05) is 7.05 Å². The van der Waals surface area contributed by atoms with Crippen LogP contribution in [-0.2, 0) is 7.05 Å². The lowest BCUT2D eigenvalue weighted by Gasteiger charge is -1.96. The normalized spacial score (nSPS) is 10.4. The summed E-state index contributed by atoms with van der Waals surface area (Å²) >= 11 is 0. The van der Waals surface area contributed by atoms with E-state index in [9.17, 15) is 0 Å². The molecule has 0 bridgehead atoms. The fraction of sp³-hybridized carbons (Fsp3) is 0.143. The largest absolute Gasteiger partial charge is 0.442 e. The average molecular weight is 164 g/mol. The van der Waals surface area contributed by atoms with Gasteiger partial charge in [-0.1, -0.05) is 0 Å². The summed E-state index contributed by atoms with van der Waals surface area (Å²) < 4.78 is 6.74. The molecule has 0 aliphatic heterocycles. The van der Waals surface area contributed by atoms with Crippen molar-refractivity contribution in [3.8, 4) is 11.5 Å². The van der Waals surface area contributed by atoms with Crippen LogP contribution >= 0.6 is 0 Å². The van der Waals surface area contributed by atoms with Crippen molar-refractivity contribution in [1.82, 2.24) is 14.8 Å². The molecule has 0 radical (unpaired) electrons. The molecule has 5 heteroatoms. The number of nitrogens with zero attached hydrogens (tertiary/aromatic N) is 3. The predicted octanol–water partition coefficient (Wildman–Crippen LogP) is 0.657. The van der Waals surface area contributed by atoms with Crippen LogP contribution in [0.1, 0.15) is 0 Å². The molecule has 2 N–H and O–H groups in total. The summed E-state index contributed by atoms with van der Waals surface area (Å²) in [4.78, 5) is 3.80. The first-order valence-corrected chi connectivity index (χ1v) is 3.45. The minimum Gasteiger partial charge on any atom is -0.442 e. The number of aryl methyl sites for hydroxylation is 1. The molecule has 5 nitrogen and oxygen atoms in total. The minimum absolute atomic E-state index is 0.592. The Bertz CT molecular complexity index is 357. The van der Waals surface area contributed by atoms with Gasteiger partial charge in [-0.15, -0.1) is 0 Å². The van der Waals surface area contributed by atoms with Gasteiger partial charge in [-0.05, 0) is 0 Å². The predicted molar refractivity (Wildman–Crippen MR) is 43.1 cm³/mol. The van der Waals surface area contributed by atoms with Crippen molar-refractivity contribution >= 4 is 5.69 Å². The molecular weight excluding hydrogens is 156 g/mol. The second-order valence-electron chi connectivity index (χ2n) is 2.44.